The maximum atomic E-state index is 11.1. The Balaban J connectivity index is 2.40. The van der Waals surface area contributed by atoms with Crippen LogP contribution in [0.5, 0.6) is 0 Å². The lowest BCUT2D eigenvalue weighted by molar-refractivity contribution is -0.385. The monoisotopic (exact) mass is 282 g/mol. The lowest BCUT2D eigenvalue weighted by Gasteiger charge is -2.35. The molecule has 0 aromatic heterocycles. The summed E-state index contributed by atoms with van der Waals surface area (Å²) in [6, 6.07) is 4.58. The molecule has 1 atom stereocenters. The van der Waals surface area contributed by atoms with Crippen LogP contribution in [0.25, 0.3) is 0 Å². The zero-order valence-electron chi connectivity index (χ0n) is 10.4. The van der Waals surface area contributed by atoms with Gasteiger partial charge < -0.3 is 10.0 Å². The van der Waals surface area contributed by atoms with Crippen molar-refractivity contribution in [2.45, 2.75) is 13.0 Å². The second kappa shape index (κ2) is 5.48. The number of nitrogens with zero attached hydrogens (tertiary/aromatic N) is 2. The SMILES string of the molecule is CC1CSCCN1c1ccc([N+](=O)[O-])c(C(=O)O)c1. The van der Waals surface area contributed by atoms with Gasteiger partial charge in [0.05, 0.1) is 4.92 Å². The van der Waals surface area contributed by atoms with Crippen molar-refractivity contribution in [3.63, 3.8) is 0 Å². The van der Waals surface area contributed by atoms with Crippen LogP contribution in [0, 0.1) is 10.1 Å². The van der Waals surface area contributed by atoms with Crippen LogP contribution >= 0.6 is 11.8 Å². The van der Waals surface area contributed by atoms with Gasteiger partial charge in [0.2, 0.25) is 0 Å². The van der Waals surface area contributed by atoms with Gasteiger partial charge in [-0.25, -0.2) is 4.79 Å². The molecular formula is C12H14N2O4S. The summed E-state index contributed by atoms with van der Waals surface area (Å²) in [7, 11) is 0. The molecule has 1 aromatic rings. The van der Waals surface area contributed by atoms with E-state index in [2.05, 4.69) is 11.8 Å². The Hall–Kier alpha value is -1.76. The number of carboxylic acids is 1. The van der Waals surface area contributed by atoms with Crippen molar-refractivity contribution >= 4 is 29.1 Å². The molecule has 0 bridgehead atoms. The number of anilines is 1. The Bertz CT molecular complexity index is 520. The van der Waals surface area contributed by atoms with Crippen molar-refractivity contribution in [1.29, 1.82) is 0 Å². The summed E-state index contributed by atoms with van der Waals surface area (Å²) in [4.78, 5) is 23.3. The number of carbonyl (C=O) groups is 1. The predicted octanol–water partition coefficient (Wildman–Crippen LogP) is 2.23. The summed E-state index contributed by atoms with van der Waals surface area (Å²) in [6.07, 6.45) is 0. The minimum Gasteiger partial charge on any atom is -0.477 e. The average Bonchev–Trinajstić information content (AvgIpc) is 2.38. The molecule has 2 rings (SSSR count). The predicted molar refractivity (Wildman–Crippen MR) is 74.2 cm³/mol. The maximum absolute atomic E-state index is 11.1. The number of carboxylic acid groups (broad SMARTS) is 1. The smallest absolute Gasteiger partial charge is 0.342 e. The Morgan fingerprint density at radius 1 is 1.58 bits per heavy atom. The number of benzene rings is 1. The first kappa shape index (κ1) is 13.7. The first-order chi connectivity index (χ1) is 9.00. The van der Waals surface area contributed by atoms with E-state index < -0.39 is 10.9 Å². The molecule has 0 saturated carbocycles. The molecule has 1 aromatic carbocycles. The highest BCUT2D eigenvalue weighted by atomic mass is 32.2. The molecule has 1 aliphatic heterocycles. The third kappa shape index (κ3) is 2.81. The zero-order valence-corrected chi connectivity index (χ0v) is 11.2. The highest BCUT2D eigenvalue weighted by molar-refractivity contribution is 7.99. The van der Waals surface area contributed by atoms with Gasteiger partial charge >= 0.3 is 5.97 Å². The molecule has 1 N–H and O–H groups in total. The Labute approximate surface area is 114 Å². The van der Waals surface area contributed by atoms with Crippen molar-refractivity contribution in [1.82, 2.24) is 0 Å². The molecule has 1 fully saturated rings. The van der Waals surface area contributed by atoms with Crippen LogP contribution < -0.4 is 4.90 Å². The molecule has 1 saturated heterocycles. The van der Waals surface area contributed by atoms with Gasteiger partial charge in [-0.05, 0) is 19.1 Å². The lowest BCUT2D eigenvalue weighted by Crippen LogP contribution is -2.40. The lowest BCUT2D eigenvalue weighted by atomic mass is 10.1. The number of thioether (sulfide) groups is 1. The summed E-state index contributed by atoms with van der Waals surface area (Å²) in [5, 5.41) is 19.9. The van der Waals surface area contributed by atoms with E-state index in [9.17, 15) is 14.9 Å². The van der Waals surface area contributed by atoms with Gasteiger partial charge in [0.25, 0.3) is 5.69 Å². The van der Waals surface area contributed by atoms with E-state index in [0.717, 1.165) is 23.7 Å². The van der Waals surface area contributed by atoms with Crippen LogP contribution in [0.2, 0.25) is 0 Å². The normalized spacial score (nSPS) is 19.2. The van der Waals surface area contributed by atoms with E-state index in [1.54, 1.807) is 6.07 Å². The van der Waals surface area contributed by atoms with Gasteiger partial charge in [-0.1, -0.05) is 0 Å². The molecular weight excluding hydrogens is 268 g/mol. The van der Waals surface area contributed by atoms with Gasteiger partial charge in [-0.15, -0.1) is 0 Å². The highest BCUT2D eigenvalue weighted by Gasteiger charge is 2.24. The number of nitro benzene ring substituents is 1. The van der Waals surface area contributed by atoms with E-state index >= 15 is 0 Å². The Morgan fingerprint density at radius 2 is 2.32 bits per heavy atom. The number of rotatable bonds is 3. The first-order valence-electron chi connectivity index (χ1n) is 5.87. The fourth-order valence-corrected chi connectivity index (χ4v) is 3.16. The molecule has 1 heterocycles. The fraction of sp³-hybridized carbons (Fsp3) is 0.417. The minimum absolute atomic E-state index is 0.257. The number of aromatic carboxylic acids is 1. The molecule has 0 spiro atoms. The minimum atomic E-state index is -1.27. The number of nitro groups is 1. The van der Waals surface area contributed by atoms with Crippen LogP contribution in [-0.4, -0.2) is 40.1 Å². The van der Waals surface area contributed by atoms with E-state index in [1.807, 2.05) is 11.8 Å². The van der Waals surface area contributed by atoms with Crippen LogP contribution in [0.4, 0.5) is 11.4 Å². The third-order valence-electron chi connectivity index (χ3n) is 3.11. The van der Waals surface area contributed by atoms with Crippen LogP contribution in [0.1, 0.15) is 17.3 Å². The topological polar surface area (TPSA) is 83.7 Å². The molecule has 1 aliphatic rings. The van der Waals surface area contributed by atoms with Gasteiger partial charge in [0.1, 0.15) is 5.56 Å². The second-order valence-electron chi connectivity index (χ2n) is 4.38. The molecule has 6 nitrogen and oxygen atoms in total. The second-order valence-corrected chi connectivity index (χ2v) is 5.53. The largest absolute Gasteiger partial charge is 0.477 e. The van der Waals surface area contributed by atoms with Gasteiger partial charge in [0.15, 0.2) is 0 Å². The Kier molecular flexibility index (Phi) is 3.94. The van der Waals surface area contributed by atoms with Gasteiger partial charge in [-0.3, -0.25) is 10.1 Å². The summed E-state index contributed by atoms with van der Waals surface area (Å²) < 4.78 is 0. The van der Waals surface area contributed by atoms with E-state index in [0.29, 0.717) is 6.04 Å². The number of hydrogen-bond acceptors (Lipinski definition) is 5. The molecule has 7 heteroatoms. The highest BCUT2D eigenvalue weighted by Crippen LogP contribution is 2.28. The van der Waals surface area contributed by atoms with Crippen molar-refractivity contribution < 1.29 is 14.8 Å². The molecule has 0 radical (unpaired) electrons. The van der Waals surface area contributed by atoms with Crippen LogP contribution in [-0.2, 0) is 0 Å². The van der Waals surface area contributed by atoms with Gasteiger partial charge in [-0.2, -0.15) is 11.8 Å². The zero-order chi connectivity index (χ0) is 14.0. The standard InChI is InChI=1S/C12H14N2O4S/c1-8-7-19-5-4-13(8)9-2-3-11(14(17)18)10(6-9)12(15)16/h2-3,6,8H,4-5,7H2,1H3,(H,15,16). The van der Waals surface area contributed by atoms with Crippen molar-refractivity contribution in [3.05, 3.63) is 33.9 Å². The Morgan fingerprint density at radius 3 is 2.89 bits per heavy atom. The molecule has 19 heavy (non-hydrogen) atoms. The maximum Gasteiger partial charge on any atom is 0.342 e. The summed E-state index contributed by atoms with van der Waals surface area (Å²) in [6.45, 7) is 2.89. The number of hydrogen-bond donors (Lipinski definition) is 1. The quantitative estimate of drug-likeness (QED) is 0.676. The average molecular weight is 282 g/mol. The molecule has 1 unspecified atom stereocenters. The summed E-state index contributed by atoms with van der Waals surface area (Å²) >= 11 is 1.85. The van der Waals surface area contributed by atoms with Gasteiger partial charge in [0, 0.05) is 35.8 Å². The molecule has 0 amide bonds. The molecule has 0 aliphatic carbocycles. The van der Waals surface area contributed by atoms with Crippen LogP contribution in [0.15, 0.2) is 18.2 Å². The van der Waals surface area contributed by atoms with Crippen molar-refractivity contribution in [2.24, 2.45) is 0 Å². The molecule has 102 valence electrons. The van der Waals surface area contributed by atoms with E-state index in [-0.39, 0.29) is 11.3 Å². The third-order valence-corrected chi connectivity index (χ3v) is 4.30. The van der Waals surface area contributed by atoms with Crippen LogP contribution in [0.3, 0.4) is 0 Å². The van der Waals surface area contributed by atoms with E-state index in [1.165, 1.54) is 12.1 Å². The first-order valence-corrected chi connectivity index (χ1v) is 7.02. The van der Waals surface area contributed by atoms with Crippen molar-refractivity contribution in [3.8, 4) is 0 Å². The van der Waals surface area contributed by atoms with Crippen molar-refractivity contribution in [2.75, 3.05) is 23.0 Å². The van der Waals surface area contributed by atoms with E-state index in [4.69, 9.17) is 5.11 Å². The fourth-order valence-electron chi connectivity index (χ4n) is 2.14. The summed E-state index contributed by atoms with van der Waals surface area (Å²) in [5.74, 6) is 0.677. The summed E-state index contributed by atoms with van der Waals surface area (Å²) in [5.41, 5.74) is 0.110.